The lowest BCUT2D eigenvalue weighted by Crippen LogP contribution is -2.16. The molecule has 1 aromatic carbocycles. The van der Waals surface area contributed by atoms with E-state index >= 15 is 0 Å². The minimum absolute atomic E-state index is 0.119. The molecule has 0 saturated carbocycles. The summed E-state index contributed by atoms with van der Waals surface area (Å²) >= 11 is 0. The zero-order valence-electron chi connectivity index (χ0n) is 10.6. The van der Waals surface area contributed by atoms with Crippen molar-refractivity contribution in [3.05, 3.63) is 22.2 Å². The number of hydrogen-bond acceptors (Lipinski definition) is 7. The van der Waals surface area contributed by atoms with Crippen LogP contribution in [0.2, 0.25) is 0 Å². The van der Waals surface area contributed by atoms with E-state index in [4.69, 9.17) is 4.74 Å². The Balaban J connectivity index is 2.23. The molecule has 0 fully saturated rings. The number of nitro benzene ring substituents is 1. The number of aromatic nitrogens is 2. The number of benzene rings is 1. The number of anilines is 1. The van der Waals surface area contributed by atoms with Crippen LogP contribution in [0.4, 0.5) is 11.4 Å². The summed E-state index contributed by atoms with van der Waals surface area (Å²) in [5.74, 6) is 0.301. The fourth-order valence-corrected chi connectivity index (χ4v) is 1.77. The highest BCUT2D eigenvalue weighted by molar-refractivity contribution is 5.93. The first kappa shape index (κ1) is 13.2. The number of nitrogens with one attached hydrogen (secondary N) is 1. The predicted molar refractivity (Wildman–Crippen MR) is 68.0 cm³/mol. The van der Waals surface area contributed by atoms with Crippen LogP contribution in [0.25, 0.3) is 11.0 Å². The van der Waals surface area contributed by atoms with Crippen LogP contribution in [-0.2, 0) is 4.74 Å². The topological polar surface area (TPSA) is 103 Å². The van der Waals surface area contributed by atoms with Gasteiger partial charge in [0.15, 0.2) is 5.52 Å². The van der Waals surface area contributed by atoms with Crippen molar-refractivity contribution in [3.8, 4) is 0 Å². The van der Waals surface area contributed by atoms with Gasteiger partial charge in [-0.25, -0.2) is 4.63 Å². The quantitative estimate of drug-likeness (QED) is 0.628. The molecule has 0 aliphatic rings. The second-order valence-corrected chi connectivity index (χ2v) is 4.29. The van der Waals surface area contributed by atoms with E-state index in [9.17, 15) is 10.1 Å². The van der Waals surface area contributed by atoms with Crippen molar-refractivity contribution in [3.63, 3.8) is 0 Å². The van der Waals surface area contributed by atoms with Crippen LogP contribution in [0.5, 0.6) is 0 Å². The number of hydrogen-bond donors (Lipinski definition) is 1. The van der Waals surface area contributed by atoms with E-state index in [2.05, 4.69) is 20.3 Å². The molecule has 0 radical (unpaired) electrons. The minimum Gasteiger partial charge on any atom is -0.384 e. The Labute approximate surface area is 108 Å². The van der Waals surface area contributed by atoms with Gasteiger partial charge in [0, 0.05) is 19.7 Å². The Morgan fingerprint density at radius 3 is 2.89 bits per heavy atom. The van der Waals surface area contributed by atoms with Gasteiger partial charge in [0.25, 0.3) is 0 Å². The third-order valence-corrected chi connectivity index (χ3v) is 2.68. The van der Waals surface area contributed by atoms with Crippen molar-refractivity contribution in [1.29, 1.82) is 0 Å². The summed E-state index contributed by atoms with van der Waals surface area (Å²) in [6.07, 6.45) is 0. The largest absolute Gasteiger partial charge is 0.384 e. The first-order valence-corrected chi connectivity index (χ1v) is 5.76. The molecular formula is C11H14N4O4. The minimum atomic E-state index is -0.510. The third kappa shape index (κ3) is 2.79. The summed E-state index contributed by atoms with van der Waals surface area (Å²) in [5.41, 5.74) is 1.05. The molecule has 8 heteroatoms. The highest BCUT2D eigenvalue weighted by Gasteiger charge is 2.19. The molecule has 0 bridgehead atoms. The van der Waals surface area contributed by atoms with Gasteiger partial charge in [-0.1, -0.05) is 6.92 Å². The number of rotatable bonds is 6. The second kappa shape index (κ2) is 5.61. The van der Waals surface area contributed by atoms with Crippen LogP contribution in [-0.4, -0.2) is 35.5 Å². The Bertz CT molecular complexity index is 583. The molecule has 2 aromatic rings. The summed E-state index contributed by atoms with van der Waals surface area (Å²) < 4.78 is 9.62. The van der Waals surface area contributed by atoms with E-state index in [1.54, 1.807) is 13.2 Å². The molecule has 1 unspecified atom stereocenters. The molecule has 0 spiro atoms. The monoisotopic (exact) mass is 266 g/mol. The molecule has 2 rings (SSSR count). The molecule has 0 aliphatic heterocycles. The normalized spacial score (nSPS) is 12.5. The van der Waals surface area contributed by atoms with E-state index in [-0.39, 0.29) is 11.2 Å². The Morgan fingerprint density at radius 2 is 2.21 bits per heavy atom. The van der Waals surface area contributed by atoms with Crippen molar-refractivity contribution in [1.82, 2.24) is 10.3 Å². The van der Waals surface area contributed by atoms with E-state index < -0.39 is 4.92 Å². The maximum atomic E-state index is 10.8. The van der Waals surface area contributed by atoms with Crippen molar-refractivity contribution >= 4 is 22.4 Å². The van der Waals surface area contributed by atoms with Gasteiger partial charge >= 0.3 is 5.69 Å². The van der Waals surface area contributed by atoms with Gasteiger partial charge in [-0.3, -0.25) is 10.1 Å². The molecule has 0 saturated heterocycles. The number of ether oxygens (including phenoxy) is 1. The first-order chi connectivity index (χ1) is 9.13. The lowest BCUT2D eigenvalue weighted by atomic mass is 10.2. The second-order valence-electron chi connectivity index (χ2n) is 4.29. The van der Waals surface area contributed by atoms with Gasteiger partial charge in [0.2, 0.25) is 5.52 Å². The molecule has 1 heterocycles. The average molecular weight is 266 g/mol. The number of methoxy groups -OCH3 is 1. The SMILES string of the molecule is COCC(C)CNc1ccc([N+](=O)[O-])c2nonc12. The zero-order chi connectivity index (χ0) is 13.8. The van der Waals surface area contributed by atoms with Gasteiger partial charge < -0.3 is 10.1 Å². The van der Waals surface area contributed by atoms with Gasteiger partial charge in [-0.15, -0.1) is 0 Å². The van der Waals surface area contributed by atoms with Gasteiger partial charge in [0.1, 0.15) is 0 Å². The molecule has 1 aromatic heterocycles. The fourth-order valence-electron chi connectivity index (χ4n) is 1.77. The van der Waals surface area contributed by atoms with E-state index in [0.29, 0.717) is 30.3 Å². The standard InChI is InChI=1S/C11H14N4O4/c1-7(6-18-2)5-12-8-3-4-9(15(16)17)11-10(8)13-19-14-11/h3-4,7,12H,5-6H2,1-2H3. The van der Waals surface area contributed by atoms with Crippen molar-refractivity contribution < 1.29 is 14.3 Å². The number of fused-ring (bicyclic) bond motifs is 1. The number of non-ortho nitro benzene ring substituents is 1. The Morgan fingerprint density at radius 1 is 1.47 bits per heavy atom. The summed E-state index contributed by atoms with van der Waals surface area (Å²) in [4.78, 5) is 10.3. The Hall–Kier alpha value is -2.22. The van der Waals surface area contributed by atoms with Gasteiger partial charge in [0.05, 0.1) is 17.2 Å². The van der Waals surface area contributed by atoms with Crippen molar-refractivity contribution in [2.75, 3.05) is 25.6 Å². The molecule has 102 valence electrons. The van der Waals surface area contributed by atoms with Crippen LogP contribution < -0.4 is 5.32 Å². The zero-order valence-corrected chi connectivity index (χ0v) is 10.6. The summed E-state index contributed by atoms with van der Waals surface area (Å²) in [6.45, 7) is 3.31. The average Bonchev–Trinajstić information content (AvgIpc) is 2.85. The summed E-state index contributed by atoms with van der Waals surface area (Å²) in [6, 6.07) is 2.99. The lowest BCUT2D eigenvalue weighted by molar-refractivity contribution is -0.383. The predicted octanol–water partition coefficient (Wildman–Crippen LogP) is 1.83. The number of nitrogens with zero attached hydrogens (tertiary/aromatic N) is 3. The highest BCUT2D eigenvalue weighted by atomic mass is 16.6. The lowest BCUT2D eigenvalue weighted by Gasteiger charge is -2.12. The maximum Gasteiger partial charge on any atom is 0.300 e. The van der Waals surface area contributed by atoms with Crippen LogP contribution >= 0.6 is 0 Å². The highest BCUT2D eigenvalue weighted by Crippen LogP contribution is 2.28. The van der Waals surface area contributed by atoms with Crippen LogP contribution in [0.3, 0.4) is 0 Å². The summed E-state index contributed by atoms with van der Waals surface area (Å²) in [7, 11) is 1.64. The first-order valence-electron chi connectivity index (χ1n) is 5.76. The van der Waals surface area contributed by atoms with Crippen LogP contribution in [0.15, 0.2) is 16.8 Å². The smallest absolute Gasteiger partial charge is 0.300 e. The van der Waals surface area contributed by atoms with E-state index in [1.807, 2.05) is 6.92 Å². The Kier molecular flexibility index (Phi) is 3.91. The van der Waals surface area contributed by atoms with Crippen molar-refractivity contribution in [2.45, 2.75) is 6.92 Å². The van der Waals surface area contributed by atoms with Gasteiger partial charge in [-0.05, 0) is 22.3 Å². The third-order valence-electron chi connectivity index (χ3n) is 2.68. The molecular weight excluding hydrogens is 252 g/mol. The molecule has 1 atom stereocenters. The van der Waals surface area contributed by atoms with Gasteiger partial charge in [-0.2, -0.15) is 0 Å². The van der Waals surface area contributed by atoms with E-state index in [0.717, 1.165) is 0 Å². The van der Waals surface area contributed by atoms with Crippen molar-refractivity contribution in [2.24, 2.45) is 5.92 Å². The fraction of sp³-hybridized carbons (Fsp3) is 0.455. The molecule has 0 amide bonds. The molecule has 1 N–H and O–H groups in total. The number of nitro groups is 1. The van der Waals surface area contributed by atoms with Crippen LogP contribution in [0.1, 0.15) is 6.92 Å². The molecule has 0 aliphatic carbocycles. The summed E-state index contributed by atoms with van der Waals surface area (Å²) in [5, 5.41) is 21.3. The maximum absolute atomic E-state index is 10.8. The molecule has 19 heavy (non-hydrogen) atoms. The molecule has 8 nitrogen and oxygen atoms in total. The van der Waals surface area contributed by atoms with E-state index in [1.165, 1.54) is 6.07 Å². The van der Waals surface area contributed by atoms with Crippen LogP contribution in [0, 0.1) is 16.0 Å².